The zero-order valence-corrected chi connectivity index (χ0v) is 12.6. The van der Waals surface area contributed by atoms with Crippen molar-refractivity contribution in [3.8, 4) is 0 Å². The minimum absolute atomic E-state index is 0.0494. The first kappa shape index (κ1) is 13.6. The largest absolute Gasteiger partial charge is 0.319 e. The second-order valence-electron chi connectivity index (χ2n) is 6.52. The number of benzene rings is 1. The molecule has 1 amide bonds. The number of amides is 1. The molecule has 0 radical (unpaired) electrons. The van der Waals surface area contributed by atoms with E-state index in [4.69, 9.17) is 0 Å². The van der Waals surface area contributed by atoms with Gasteiger partial charge in [-0.15, -0.1) is 0 Å². The summed E-state index contributed by atoms with van der Waals surface area (Å²) in [5.74, 6) is 0.997. The van der Waals surface area contributed by atoms with E-state index in [0.29, 0.717) is 6.04 Å². The summed E-state index contributed by atoms with van der Waals surface area (Å²) in [7, 11) is 0. The van der Waals surface area contributed by atoms with Crippen molar-refractivity contribution in [2.45, 2.75) is 58.3 Å². The Morgan fingerprint density at radius 1 is 1.15 bits per heavy atom. The molecular formula is C17H24N2O. The highest BCUT2D eigenvalue weighted by molar-refractivity contribution is 5.84. The maximum absolute atomic E-state index is 12.5. The normalized spacial score (nSPS) is 34.0. The summed E-state index contributed by atoms with van der Waals surface area (Å²) in [6, 6.07) is 8.87. The van der Waals surface area contributed by atoms with Crippen molar-refractivity contribution in [3.05, 3.63) is 35.4 Å². The zero-order chi connectivity index (χ0) is 14.3. The van der Waals surface area contributed by atoms with Gasteiger partial charge in [0.05, 0.1) is 6.04 Å². The summed E-state index contributed by atoms with van der Waals surface area (Å²) in [6.07, 6.45) is 3.57. The SMILES string of the molecule is Cc1ccc(C2NC(C)C(=O)N2C2CCC(C)C2)cc1. The molecule has 1 saturated heterocycles. The van der Waals surface area contributed by atoms with Gasteiger partial charge in [-0.25, -0.2) is 0 Å². The first-order valence-electron chi connectivity index (χ1n) is 7.71. The molecule has 1 aliphatic heterocycles. The van der Waals surface area contributed by atoms with Crippen LogP contribution in [-0.4, -0.2) is 22.9 Å². The fourth-order valence-electron chi connectivity index (χ4n) is 3.57. The van der Waals surface area contributed by atoms with Crippen molar-refractivity contribution in [2.24, 2.45) is 5.92 Å². The highest BCUT2D eigenvalue weighted by atomic mass is 16.2. The second-order valence-corrected chi connectivity index (χ2v) is 6.52. The number of aryl methyl sites for hydroxylation is 1. The molecule has 3 rings (SSSR count). The Morgan fingerprint density at radius 2 is 1.85 bits per heavy atom. The molecular weight excluding hydrogens is 248 g/mol. The Morgan fingerprint density at radius 3 is 2.45 bits per heavy atom. The minimum atomic E-state index is -0.0720. The predicted octanol–water partition coefficient (Wildman–Crippen LogP) is 3.00. The summed E-state index contributed by atoms with van der Waals surface area (Å²) in [4.78, 5) is 14.6. The van der Waals surface area contributed by atoms with Crippen molar-refractivity contribution in [2.75, 3.05) is 0 Å². The van der Waals surface area contributed by atoms with Crippen LogP contribution in [0.15, 0.2) is 24.3 Å². The van der Waals surface area contributed by atoms with Gasteiger partial charge in [0.1, 0.15) is 6.17 Å². The molecule has 2 fully saturated rings. The van der Waals surface area contributed by atoms with Gasteiger partial charge in [-0.3, -0.25) is 10.1 Å². The number of hydrogen-bond acceptors (Lipinski definition) is 2. The number of nitrogens with one attached hydrogen (secondary N) is 1. The molecule has 108 valence electrons. The van der Waals surface area contributed by atoms with Crippen molar-refractivity contribution in [1.29, 1.82) is 0 Å². The first-order valence-corrected chi connectivity index (χ1v) is 7.71. The molecule has 1 N–H and O–H groups in total. The molecule has 2 aliphatic rings. The molecule has 0 aromatic heterocycles. The highest BCUT2D eigenvalue weighted by Crippen LogP contribution is 2.36. The van der Waals surface area contributed by atoms with Gasteiger partial charge in [-0.2, -0.15) is 0 Å². The summed E-state index contributed by atoms with van der Waals surface area (Å²) in [5, 5.41) is 3.46. The number of carbonyl (C=O) groups excluding carboxylic acids is 1. The van der Waals surface area contributed by atoms with E-state index < -0.39 is 0 Å². The molecule has 0 spiro atoms. The highest BCUT2D eigenvalue weighted by Gasteiger charge is 2.42. The van der Waals surface area contributed by atoms with E-state index in [2.05, 4.69) is 48.3 Å². The third kappa shape index (κ3) is 2.35. The second kappa shape index (κ2) is 5.21. The average molecular weight is 272 g/mol. The first-order chi connectivity index (χ1) is 9.56. The van der Waals surface area contributed by atoms with Crippen molar-refractivity contribution < 1.29 is 4.79 Å². The molecule has 4 unspecified atom stereocenters. The maximum atomic E-state index is 12.5. The summed E-state index contributed by atoms with van der Waals surface area (Å²) in [5.41, 5.74) is 2.46. The Labute approximate surface area is 121 Å². The van der Waals surface area contributed by atoms with E-state index in [1.165, 1.54) is 17.5 Å². The van der Waals surface area contributed by atoms with Crippen LogP contribution < -0.4 is 5.32 Å². The Balaban J connectivity index is 1.88. The monoisotopic (exact) mass is 272 g/mol. The van der Waals surface area contributed by atoms with E-state index in [9.17, 15) is 4.79 Å². The lowest BCUT2D eigenvalue weighted by Gasteiger charge is -2.30. The van der Waals surface area contributed by atoms with Crippen molar-refractivity contribution >= 4 is 5.91 Å². The van der Waals surface area contributed by atoms with Crippen LogP contribution >= 0.6 is 0 Å². The van der Waals surface area contributed by atoms with Crippen LogP contribution in [0.4, 0.5) is 0 Å². The van der Waals surface area contributed by atoms with Gasteiger partial charge in [0.15, 0.2) is 0 Å². The van der Waals surface area contributed by atoms with Gasteiger partial charge in [-0.05, 0) is 44.6 Å². The van der Waals surface area contributed by atoms with Gasteiger partial charge < -0.3 is 4.90 Å². The molecule has 1 saturated carbocycles. The van der Waals surface area contributed by atoms with Crippen molar-refractivity contribution in [3.63, 3.8) is 0 Å². The third-order valence-electron chi connectivity index (χ3n) is 4.76. The average Bonchev–Trinajstić information content (AvgIpc) is 2.96. The Kier molecular flexibility index (Phi) is 3.55. The van der Waals surface area contributed by atoms with E-state index in [1.54, 1.807) is 0 Å². The van der Waals surface area contributed by atoms with Gasteiger partial charge in [-0.1, -0.05) is 36.8 Å². The smallest absolute Gasteiger partial charge is 0.241 e. The van der Waals surface area contributed by atoms with Gasteiger partial charge in [0.2, 0.25) is 5.91 Å². The van der Waals surface area contributed by atoms with Crippen LogP contribution in [0.1, 0.15) is 50.4 Å². The van der Waals surface area contributed by atoms with E-state index in [1.807, 2.05) is 6.92 Å². The zero-order valence-electron chi connectivity index (χ0n) is 12.6. The summed E-state index contributed by atoms with van der Waals surface area (Å²) < 4.78 is 0. The number of carbonyl (C=O) groups is 1. The fraction of sp³-hybridized carbons (Fsp3) is 0.588. The lowest BCUT2D eigenvalue weighted by atomic mass is 10.1. The standard InChI is InChI=1S/C17H24N2O/c1-11-4-7-14(8-5-11)16-18-13(3)17(20)19(16)15-9-6-12(2)10-15/h4-5,7-8,12-13,15-16,18H,6,9-10H2,1-3H3. The lowest BCUT2D eigenvalue weighted by Crippen LogP contribution is -2.38. The fourth-order valence-corrected chi connectivity index (χ4v) is 3.57. The van der Waals surface area contributed by atoms with Gasteiger partial charge in [0.25, 0.3) is 0 Å². The van der Waals surface area contributed by atoms with E-state index >= 15 is 0 Å². The molecule has 3 nitrogen and oxygen atoms in total. The summed E-state index contributed by atoms with van der Waals surface area (Å²) >= 11 is 0. The van der Waals surface area contributed by atoms with E-state index in [0.717, 1.165) is 18.8 Å². The Bertz CT molecular complexity index is 496. The molecule has 20 heavy (non-hydrogen) atoms. The summed E-state index contributed by atoms with van der Waals surface area (Å²) in [6.45, 7) is 6.36. The number of nitrogens with zero attached hydrogens (tertiary/aromatic N) is 1. The van der Waals surface area contributed by atoms with Crippen LogP contribution in [0.25, 0.3) is 0 Å². The molecule has 1 aromatic carbocycles. The van der Waals surface area contributed by atoms with Crippen LogP contribution in [0.3, 0.4) is 0 Å². The quantitative estimate of drug-likeness (QED) is 0.897. The van der Waals surface area contributed by atoms with Gasteiger partial charge in [0, 0.05) is 6.04 Å². The maximum Gasteiger partial charge on any atom is 0.241 e. The molecule has 0 bridgehead atoms. The van der Waals surface area contributed by atoms with Crippen LogP contribution in [0, 0.1) is 12.8 Å². The molecule has 4 atom stereocenters. The minimum Gasteiger partial charge on any atom is -0.319 e. The van der Waals surface area contributed by atoms with Gasteiger partial charge >= 0.3 is 0 Å². The Hall–Kier alpha value is -1.35. The number of rotatable bonds is 2. The van der Waals surface area contributed by atoms with Crippen molar-refractivity contribution in [1.82, 2.24) is 10.2 Å². The van der Waals surface area contributed by atoms with Crippen LogP contribution in [0.2, 0.25) is 0 Å². The molecule has 1 aliphatic carbocycles. The molecule has 3 heteroatoms. The topological polar surface area (TPSA) is 32.3 Å². The lowest BCUT2D eigenvalue weighted by molar-refractivity contribution is -0.132. The number of hydrogen-bond donors (Lipinski definition) is 1. The third-order valence-corrected chi connectivity index (χ3v) is 4.76. The predicted molar refractivity (Wildman–Crippen MR) is 80.2 cm³/mol. The molecule has 1 aromatic rings. The molecule has 1 heterocycles. The van der Waals surface area contributed by atoms with Crippen LogP contribution in [-0.2, 0) is 4.79 Å². The van der Waals surface area contributed by atoms with E-state index in [-0.39, 0.29) is 18.1 Å². The van der Waals surface area contributed by atoms with Crippen LogP contribution in [0.5, 0.6) is 0 Å².